The highest BCUT2D eigenvalue weighted by molar-refractivity contribution is 7.91. The highest BCUT2D eigenvalue weighted by atomic mass is 32.2. The average Bonchev–Trinajstić information content (AvgIpc) is 3.17. The molecule has 0 radical (unpaired) electrons. The molecule has 1 aliphatic rings. The first-order valence-electron chi connectivity index (χ1n) is 9.55. The summed E-state index contributed by atoms with van der Waals surface area (Å²) in [6.45, 7) is 1.21. The Morgan fingerprint density at radius 1 is 1.20 bits per heavy atom. The molecule has 0 unspecified atom stereocenters. The molecule has 0 bridgehead atoms. The number of carbonyl (C=O) groups is 1. The van der Waals surface area contributed by atoms with Crippen molar-refractivity contribution in [2.45, 2.75) is 17.4 Å². The summed E-state index contributed by atoms with van der Waals surface area (Å²) < 4.78 is 31.1. The molecule has 4 rings (SSSR count). The van der Waals surface area contributed by atoms with Crippen LogP contribution in [0.15, 0.2) is 57.8 Å². The van der Waals surface area contributed by atoms with Gasteiger partial charge < -0.3 is 9.73 Å². The number of carbonyl (C=O) groups excluding carboxylic acids is 1. The number of benzene rings is 2. The van der Waals surface area contributed by atoms with Crippen LogP contribution in [0.2, 0.25) is 0 Å². The normalized spacial score (nSPS) is 17.6. The Labute approximate surface area is 174 Å². The molecule has 0 spiro atoms. The third-order valence-corrected chi connectivity index (χ3v) is 6.85. The van der Waals surface area contributed by atoms with Gasteiger partial charge in [0.1, 0.15) is 5.52 Å². The van der Waals surface area contributed by atoms with Crippen molar-refractivity contribution in [3.8, 4) is 6.07 Å². The highest BCUT2D eigenvalue weighted by Gasteiger charge is 2.32. The summed E-state index contributed by atoms with van der Waals surface area (Å²) in [4.78, 5) is 18.9. The van der Waals surface area contributed by atoms with Gasteiger partial charge in [-0.25, -0.2) is 13.4 Å². The molecule has 1 aromatic heterocycles. The maximum atomic E-state index is 12.7. The molecule has 1 atom stereocenters. The van der Waals surface area contributed by atoms with E-state index in [0.29, 0.717) is 30.1 Å². The standard InChI is InChI=1S/C21H20N4O4S/c22-14-15-5-7-16(8-6-15)30(27,28)12-11-25-10-9-23-21(26)18(25)13-20-24-17-3-1-2-4-19(17)29-20/h1-8,18H,9-13H2,(H,23,26)/t18-/m1/s1. The van der Waals surface area contributed by atoms with E-state index in [1.165, 1.54) is 24.3 Å². The molecule has 1 amide bonds. The van der Waals surface area contributed by atoms with E-state index in [-0.39, 0.29) is 29.5 Å². The smallest absolute Gasteiger partial charge is 0.237 e. The fraction of sp³-hybridized carbons (Fsp3) is 0.286. The van der Waals surface area contributed by atoms with Crippen LogP contribution in [0.1, 0.15) is 11.5 Å². The van der Waals surface area contributed by atoms with E-state index in [9.17, 15) is 13.2 Å². The van der Waals surface area contributed by atoms with Gasteiger partial charge in [0.2, 0.25) is 5.91 Å². The van der Waals surface area contributed by atoms with E-state index >= 15 is 0 Å². The van der Waals surface area contributed by atoms with Gasteiger partial charge in [0.25, 0.3) is 0 Å². The summed E-state index contributed by atoms with van der Waals surface area (Å²) in [6, 6.07) is 14.6. The number of amides is 1. The largest absolute Gasteiger partial charge is 0.441 e. The van der Waals surface area contributed by atoms with Crippen molar-refractivity contribution < 1.29 is 17.6 Å². The molecule has 2 heterocycles. The van der Waals surface area contributed by atoms with Gasteiger partial charge in [-0.15, -0.1) is 0 Å². The molecular formula is C21H20N4O4S. The minimum Gasteiger partial charge on any atom is -0.441 e. The van der Waals surface area contributed by atoms with E-state index in [1.54, 1.807) is 0 Å². The van der Waals surface area contributed by atoms with Crippen LogP contribution >= 0.6 is 0 Å². The molecule has 0 saturated carbocycles. The van der Waals surface area contributed by atoms with Crippen molar-refractivity contribution in [2.75, 3.05) is 25.4 Å². The van der Waals surface area contributed by atoms with Crippen molar-refractivity contribution in [3.05, 3.63) is 60.0 Å². The number of nitrogens with one attached hydrogen (secondary N) is 1. The Morgan fingerprint density at radius 3 is 2.70 bits per heavy atom. The van der Waals surface area contributed by atoms with Crippen molar-refractivity contribution in [3.63, 3.8) is 0 Å². The molecule has 0 aliphatic carbocycles. The molecule has 1 aliphatic heterocycles. The number of oxazole rings is 1. The third kappa shape index (κ3) is 4.20. The number of hydrogen-bond donors (Lipinski definition) is 1. The van der Waals surface area contributed by atoms with Crippen molar-refractivity contribution in [1.82, 2.24) is 15.2 Å². The van der Waals surface area contributed by atoms with Gasteiger partial charge in [0, 0.05) is 26.1 Å². The fourth-order valence-corrected chi connectivity index (χ4v) is 4.78. The van der Waals surface area contributed by atoms with Crippen LogP contribution in [-0.2, 0) is 21.1 Å². The summed E-state index contributed by atoms with van der Waals surface area (Å²) in [6.07, 6.45) is 0.261. The van der Waals surface area contributed by atoms with Crippen molar-refractivity contribution in [1.29, 1.82) is 5.26 Å². The van der Waals surface area contributed by atoms with Gasteiger partial charge in [0.05, 0.1) is 28.3 Å². The number of fused-ring (bicyclic) bond motifs is 1. The SMILES string of the molecule is N#Cc1ccc(S(=O)(=O)CCN2CCNC(=O)[C@H]2Cc2nc3ccccc3o2)cc1. The predicted octanol–water partition coefficient (Wildman–Crippen LogP) is 1.52. The lowest BCUT2D eigenvalue weighted by molar-refractivity contribution is -0.129. The second-order valence-corrected chi connectivity index (χ2v) is 9.19. The Balaban J connectivity index is 1.48. The number of nitriles is 1. The maximum absolute atomic E-state index is 12.7. The summed E-state index contributed by atoms with van der Waals surface area (Å²) in [5, 5.41) is 11.7. The average molecular weight is 424 g/mol. The van der Waals surface area contributed by atoms with E-state index in [4.69, 9.17) is 9.68 Å². The molecule has 1 fully saturated rings. The quantitative estimate of drug-likeness (QED) is 0.638. The molecule has 3 aromatic rings. The van der Waals surface area contributed by atoms with E-state index in [0.717, 1.165) is 5.52 Å². The molecular weight excluding hydrogens is 404 g/mol. The van der Waals surface area contributed by atoms with Crippen LogP contribution in [-0.4, -0.2) is 55.6 Å². The fourth-order valence-electron chi connectivity index (χ4n) is 3.52. The van der Waals surface area contributed by atoms with Crippen molar-refractivity contribution in [2.24, 2.45) is 0 Å². The number of aromatic nitrogens is 1. The monoisotopic (exact) mass is 424 g/mol. The molecule has 1 N–H and O–H groups in total. The summed E-state index contributed by atoms with van der Waals surface area (Å²) in [5.41, 5.74) is 1.78. The lowest BCUT2D eigenvalue weighted by Gasteiger charge is -2.34. The van der Waals surface area contributed by atoms with Gasteiger partial charge in [0.15, 0.2) is 21.3 Å². The van der Waals surface area contributed by atoms with E-state index in [2.05, 4.69) is 10.3 Å². The minimum atomic E-state index is -3.54. The van der Waals surface area contributed by atoms with E-state index < -0.39 is 15.9 Å². The maximum Gasteiger partial charge on any atom is 0.237 e. The van der Waals surface area contributed by atoms with Gasteiger partial charge in [-0.05, 0) is 36.4 Å². The molecule has 8 nitrogen and oxygen atoms in total. The van der Waals surface area contributed by atoms with Gasteiger partial charge in [-0.2, -0.15) is 5.26 Å². The third-order valence-electron chi connectivity index (χ3n) is 5.14. The summed E-state index contributed by atoms with van der Waals surface area (Å²) in [5.74, 6) is 0.147. The number of hydrogen-bond acceptors (Lipinski definition) is 7. The van der Waals surface area contributed by atoms with Crippen LogP contribution in [0, 0.1) is 11.3 Å². The zero-order valence-electron chi connectivity index (χ0n) is 16.1. The van der Waals surface area contributed by atoms with Gasteiger partial charge >= 0.3 is 0 Å². The first kappa shape index (κ1) is 20.1. The van der Waals surface area contributed by atoms with Crippen molar-refractivity contribution >= 4 is 26.8 Å². The van der Waals surface area contributed by atoms with Crippen LogP contribution in [0.4, 0.5) is 0 Å². The summed E-state index contributed by atoms with van der Waals surface area (Å²) in [7, 11) is -3.54. The predicted molar refractivity (Wildman–Crippen MR) is 109 cm³/mol. The number of para-hydroxylation sites is 2. The Bertz CT molecular complexity index is 1180. The molecule has 30 heavy (non-hydrogen) atoms. The van der Waals surface area contributed by atoms with Gasteiger partial charge in [-0.1, -0.05) is 12.1 Å². The first-order valence-corrected chi connectivity index (χ1v) is 11.2. The van der Waals surface area contributed by atoms with Crippen LogP contribution in [0.3, 0.4) is 0 Å². The Kier molecular flexibility index (Phi) is 5.53. The Hall–Kier alpha value is -3.22. The lowest BCUT2D eigenvalue weighted by Crippen LogP contribution is -2.57. The van der Waals surface area contributed by atoms with Crippen LogP contribution in [0.5, 0.6) is 0 Å². The summed E-state index contributed by atoms with van der Waals surface area (Å²) >= 11 is 0. The van der Waals surface area contributed by atoms with Gasteiger partial charge in [-0.3, -0.25) is 9.69 Å². The number of nitrogens with zero attached hydrogens (tertiary/aromatic N) is 3. The second kappa shape index (κ2) is 8.26. The lowest BCUT2D eigenvalue weighted by atomic mass is 10.1. The van der Waals surface area contributed by atoms with E-state index in [1.807, 2.05) is 35.2 Å². The number of piperazine rings is 1. The zero-order chi connectivity index (χ0) is 21.1. The highest BCUT2D eigenvalue weighted by Crippen LogP contribution is 2.19. The molecule has 154 valence electrons. The van der Waals surface area contributed by atoms with Crippen LogP contribution in [0.25, 0.3) is 11.1 Å². The first-order chi connectivity index (χ1) is 14.5. The zero-order valence-corrected chi connectivity index (χ0v) is 16.9. The molecule has 1 saturated heterocycles. The minimum absolute atomic E-state index is 0.129. The topological polar surface area (TPSA) is 116 Å². The number of rotatable bonds is 6. The second-order valence-electron chi connectivity index (χ2n) is 7.08. The molecule has 2 aromatic carbocycles. The van der Waals surface area contributed by atoms with Crippen LogP contribution < -0.4 is 5.32 Å². The number of sulfone groups is 1. The Morgan fingerprint density at radius 2 is 1.97 bits per heavy atom. The molecule has 9 heteroatoms.